The third kappa shape index (κ3) is 1.95. The summed E-state index contributed by atoms with van der Waals surface area (Å²) in [4.78, 5) is 12.7. The van der Waals surface area contributed by atoms with Crippen LogP contribution in [0.1, 0.15) is 6.92 Å². The normalized spacial score (nSPS) is 32.6. The van der Waals surface area contributed by atoms with Crippen LogP contribution in [0, 0.1) is 0 Å². The standard InChI is InChI=1S/C6H9Cl2NOS/c1-2-9-4(10)3-11-6(8)5(9)7/h5-6H,2-3H2,1H3. The highest BCUT2D eigenvalue weighted by Gasteiger charge is 2.32. The maximum Gasteiger partial charge on any atom is 0.233 e. The summed E-state index contributed by atoms with van der Waals surface area (Å²) in [6.07, 6.45) is 0. The van der Waals surface area contributed by atoms with E-state index in [-0.39, 0.29) is 16.1 Å². The Morgan fingerprint density at radius 3 is 2.82 bits per heavy atom. The second kappa shape index (κ2) is 3.87. The van der Waals surface area contributed by atoms with Gasteiger partial charge in [0.2, 0.25) is 5.91 Å². The summed E-state index contributed by atoms with van der Waals surface area (Å²) in [5, 5.41) is 0. The molecule has 1 aliphatic heterocycles. The van der Waals surface area contributed by atoms with E-state index >= 15 is 0 Å². The van der Waals surface area contributed by atoms with Gasteiger partial charge in [0.1, 0.15) is 10.2 Å². The van der Waals surface area contributed by atoms with Crippen molar-refractivity contribution in [2.75, 3.05) is 12.3 Å². The number of nitrogens with zero attached hydrogens (tertiary/aromatic N) is 1. The SMILES string of the molecule is CCN1C(=O)CSC(Cl)C1Cl. The number of amides is 1. The van der Waals surface area contributed by atoms with Crippen LogP contribution in [0.5, 0.6) is 0 Å². The van der Waals surface area contributed by atoms with Crippen LogP contribution in [-0.2, 0) is 4.79 Å². The summed E-state index contributed by atoms with van der Waals surface area (Å²) in [6, 6.07) is 0. The number of carbonyl (C=O) groups excluding carboxylic acids is 1. The summed E-state index contributed by atoms with van der Waals surface area (Å²) in [5.41, 5.74) is -0.354. The number of hydrogen-bond acceptors (Lipinski definition) is 2. The van der Waals surface area contributed by atoms with Gasteiger partial charge in [-0.2, -0.15) is 0 Å². The molecule has 0 aromatic heterocycles. The Balaban J connectivity index is 2.63. The van der Waals surface area contributed by atoms with Crippen molar-refractivity contribution in [3.63, 3.8) is 0 Å². The van der Waals surface area contributed by atoms with Crippen molar-refractivity contribution in [3.8, 4) is 0 Å². The number of rotatable bonds is 1. The Morgan fingerprint density at radius 1 is 1.73 bits per heavy atom. The Morgan fingerprint density at radius 2 is 2.36 bits per heavy atom. The lowest BCUT2D eigenvalue weighted by atomic mass is 10.4. The molecule has 0 aliphatic carbocycles. The minimum Gasteiger partial charge on any atom is -0.323 e. The van der Waals surface area contributed by atoms with Gasteiger partial charge in [-0.15, -0.1) is 23.4 Å². The predicted octanol–water partition coefficient (Wildman–Crippen LogP) is 1.71. The van der Waals surface area contributed by atoms with Crippen LogP contribution in [0.3, 0.4) is 0 Å². The molecule has 1 saturated heterocycles. The molecule has 0 aromatic carbocycles. The summed E-state index contributed by atoms with van der Waals surface area (Å²) in [5.74, 6) is 0.528. The number of halogens is 2. The van der Waals surface area contributed by atoms with Crippen molar-refractivity contribution in [2.45, 2.75) is 17.1 Å². The molecule has 5 heteroatoms. The summed E-state index contributed by atoms with van der Waals surface area (Å²) < 4.78 is -0.172. The summed E-state index contributed by atoms with van der Waals surface area (Å²) in [6.45, 7) is 2.53. The first kappa shape index (κ1) is 9.49. The monoisotopic (exact) mass is 213 g/mol. The zero-order valence-electron chi connectivity index (χ0n) is 6.09. The van der Waals surface area contributed by atoms with E-state index in [9.17, 15) is 4.79 Å². The van der Waals surface area contributed by atoms with Crippen molar-refractivity contribution in [2.24, 2.45) is 0 Å². The van der Waals surface area contributed by atoms with Gasteiger partial charge in [0.05, 0.1) is 5.75 Å². The quantitative estimate of drug-likeness (QED) is 0.489. The van der Waals surface area contributed by atoms with E-state index < -0.39 is 0 Å². The van der Waals surface area contributed by atoms with Gasteiger partial charge in [-0.1, -0.05) is 11.6 Å². The molecular formula is C6H9Cl2NOS. The third-order valence-electron chi connectivity index (χ3n) is 1.54. The smallest absolute Gasteiger partial charge is 0.233 e. The third-order valence-corrected chi connectivity index (χ3v) is 3.91. The van der Waals surface area contributed by atoms with E-state index in [0.29, 0.717) is 12.3 Å². The van der Waals surface area contributed by atoms with E-state index in [1.807, 2.05) is 6.92 Å². The lowest BCUT2D eigenvalue weighted by Crippen LogP contribution is -2.46. The molecule has 11 heavy (non-hydrogen) atoms. The molecule has 1 fully saturated rings. The van der Waals surface area contributed by atoms with Crippen molar-refractivity contribution >= 4 is 40.9 Å². The average Bonchev–Trinajstić information content (AvgIpc) is 1.99. The number of thioether (sulfide) groups is 1. The first-order valence-electron chi connectivity index (χ1n) is 3.36. The average molecular weight is 214 g/mol. The number of carbonyl (C=O) groups is 1. The zero-order chi connectivity index (χ0) is 8.43. The van der Waals surface area contributed by atoms with Crippen LogP contribution in [0.4, 0.5) is 0 Å². The molecule has 1 rings (SSSR count). The Bertz CT molecular complexity index is 167. The fourth-order valence-corrected chi connectivity index (χ4v) is 2.51. The molecule has 1 amide bonds. The molecule has 2 atom stereocenters. The molecule has 0 spiro atoms. The van der Waals surface area contributed by atoms with E-state index in [1.165, 1.54) is 11.8 Å². The lowest BCUT2D eigenvalue weighted by Gasteiger charge is -2.33. The van der Waals surface area contributed by atoms with Gasteiger partial charge in [0, 0.05) is 6.54 Å². The Labute approximate surface area is 80.2 Å². The Hall–Kier alpha value is 0.400. The van der Waals surface area contributed by atoms with E-state index in [2.05, 4.69) is 0 Å². The van der Waals surface area contributed by atoms with Crippen LogP contribution in [0.25, 0.3) is 0 Å². The van der Waals surface area contributed by atoms with E-state index in [1.54, 1.807) is 4.90 Å². The zero-order valence-corrected chi connectivity index (χ0v) is 8.42. The first-order valence-corrected chi connectivity index (χ1v) is 5.28. The van der Waals surface area contributed by atoms with Crippen molar-refractivity contribution in [3.05, 3.63) is 0 Å². The second-order valence-corrected chi connectivity index (χ2v) is 4.52. The van der Waals surface area contributed by atoms with Crippen LogP contribution < -0.4 is 0 Å². The largest absolute Gasteiger partial charge is 0.323 e. The fourth-order valence-electron chi connectivity index (χ4n) is 0.943. The molecule has 0 radical (unpaired) electrons. The van der Waals surface area contributed by atoms with Crippen LogP contribution in [0.15, 0.2) is 0 Å². The predicted molar refractivity (Wildman–Crippen MR) is 49.1 cm³/mol. The molecule has 1 heterocycles. The van der Waals surface area contributed by atoms with E-state index in [4.69, 9.17) is 23.2 Å². The van der Waals surface area contributed by atoms with Crippen molar-refractivity contribution < 1.29 is 4.79 Å². The van der Waals surface area contributed by atoms with Gasteiger partial charge in [-0.25, -0.2) is 0 Å². The van der Waals surface area contributed by atoms with Crippen molar-refractivity contribution in [1.82, 2.24) is 4.90 Å². The van der Waals surface area contributed by atoms with Crippen molar-refractivity contribution in [1.29, 1.82) is 0 Å². The molecule has 0 saturated carbocycles. The first-order chi connectivity index (χ1) is 5.16. The topological polar surface area (TPSA) is 20.3 Å². The minimum absolute atomic E-state index is 0.0781. The van der Waals surface area contributed by atoms with Gasteiger partial charge in [0.15, 0.2) is 0 Å². The molecule has 0 N–H and O–H groups in total. The molecule has 0 aromatic rings. The second-order valence-electron chi connectivity index (χ2n) is 2.21. The highest BCUT2D eigenvalue weighted by atomic mass is 35.5. The molecule has 2 nitrogen and oxygen atoms in total. The number of alkyl halides is 2. The maximum absolute atomic E-state index is 11.1. The van der Waals surface area contributed by atoms with Gasteiger partial charge < -0.3 is 4.90 Å². The fraction of sp³-hybridized carbons (Fsp3) is 0.833. The summed E-state index contributed by atoms with van der Waals surface area (Å²) >= 11 is 13.1. The van der Waals surface area contributed by atoms with Crippen LogP contribution >= 0.6 is 35.0 Å². The molecular weight excluding hydrogens is 205 g/mol. The van der Waals surface area contributed by atoms with Crippen LogP contribution in [-0.4, -0.2) is 33.3 Å². The molecule has 1 aliphatic rings. The van der Waals surface area contributed by atoms with E-state index in [0.717, 1.165) is 0 Å². The lowest BCUT2D eigenvalue weighted by molar-refractivity contribution is -0.129. The van der Waals surface area contributed by atoms with Gasteiger partial charge in [0.25, 0.3) is 0 Å². The molecule has 0 bridgehead atoms. The molecule has 2 unspecified atom stereocenters. The van der Waals surface area contributed by atoms with Gasteiger partial charge in [-0.05, 0) is 6.92 Å². The minimum atomic E-state index is -0.354. The highest BCUT2D eigenvalue weighted by molar-refractivity contribution is 8.01. The highest BCUT2D eigenvalue weighted by Crippen LogP contribution is 2.30. The Kier molecular flexibility index (Phi) is 3.34. The van der Waals surface area contributed by atoms with Gasteiger partial charge in [-0.3, -0.25) is 4.79 Å². The van der Waals surface area contributed by atoms with Crippen LogP contribution in [0.2, 0.25) is 0 Å². The van der Waals surface area contributed by atoms with Gasteiger partial charge >= 0.3 is 0 Å². The molecule has 64 valence electrons. The number of hydrogen-bond donors (Lipinski definition) is 0. The summed E-state index contributed by atoms with van der Waals surface area (Å²) in [7, 11) is 0. The maximum atomic E-state index is 11.1.